The van der Waals surface area contributed by atoms with Gasteiger partial charge in [0, 0.05) is 47.2 Å². The number of aromatic amines is 1. The van der Waals surface area contributed by atoms with Crippen LogP contribution >= 0.6 is 11.8 Å². The lowest BCUT2D eigenvalue weighted by atomic mass is 10.0. The second-order valence-electron chi connectivity index (χ2n) is 13.5. The van der Waals surface area contributed by atoms with Crippen LogP contribution in [0, 0.1) is 11.7 Å². The number of hydrogen-bond donors (Lipinski definition) is 5. The zero-order chi connectivity index (χ0) is 35.5. The summed E-state index contributed by atoms with van der Waals surface area (Å²) in [7, 11) is 1.62. The maximum absolute atomic E-state index is 13.6. The molecule has 12 heteroatoms. The van der Waals surface area contributed by atoms with Gasteiger partial charge in [-0.25, -0.2) is 9.38 Å². The topological polar surface area (TPSA) is 139 Å². The Kier molecular flexibility index (Phi) is 13.7. The largest absolute Gasteiger partial charge is 0.493 e. The van der Waals surface area contributed by atoms with Gasteiger partial charge in [-0.3, -0.25) is 9.89 Å². The number of benzene rings is 2. The van der Waals surface area contributed by atoms with Gasteiger partial charge in [0.05, 0.1) is 31.5 Å². The lowest BCUT2D eigenvalue weighted by molar-refractivity contribution is -0.121. The average Bonchev–Trinajstić information content (AvgIpc) is 3.87. The number of nitrogens with two attached hydrogens (primary N) is 1. The van der Waals surface area contributed by atoms with Crippen molar-refractivity contribution in [2.45, 2.75) is 102 Å². The van der Waals surface area contributed by atoms with E-state index in [1.807, 2.05) is 23.9 Å². The molecule has 272 valence electrons. The smallest absolute Gasteiger partial charge is 0.219 e. The number of fused-ring (bicyclic) bond motifs is 4. The quantitative estimate of drug-likeness (QED) is 0.0721. The number of aromatic nitrogens is 2. The molecule has 3 heterocycles. The lowest BCUT2D eigenvalue weighted by Crippen LogP contribution is -2.38. The Morgan fingerprint density at radius 1 is 1.16 bits per heavy atom. The van der Waals surface area contributed by atoms with Gasteiger partial charge in [0.15, 0.2) is 23.3 Å². The van der Waals surface area contributed by atoms with Crippen molar-refractivity contribution in [3.8, 4) is 22.8 Å². The van der Waals surface area contributed by atoms with Crippen molar-refractivity contribution in [1.82, 2.24) is 20.8 Å². The number of carbonyl (C=O) groups excluding carboxylic acids is 1. The van der Waals surface area contributed by atoms with Crippen molar-refractivity contribution in [3.63, 3.8) is 0 Å². The van der Waals surface area contributed by atoms with Crippen LogP contribution in [0.4, 0.5) is 15.9 Å². The molecule has 6 rings (SSSR count). The van der Waals surface area contributed by atoms with E-state index in [0.29, 0.717) is 72.7 Å². The summed E-state index contributed by atoms with van der Waals surface area (Å²) in [6, 6.07) is 10.9. The van der Waals surface area contributed by atoms with E-state index in [9.17, 15) is 9.18 Å². The summed E-state index contributed by atoms with van der Waals surface area (Å²) in [5, 5.41) is 17.5. The summed E-state index contributed by atoms with van der Waals surface area (Å²) in [6.07, 6.45) is 10.3. The zero-order valence-electron chi connectivity index (χ0n) is 29.9. The van der Waals surface area contributed by atoms with Gasteiger partial charge in [-0.15, -0.1) is 0 Å². The number of carbonyl (C=O) groups is 1. The van der Waals surface area contributed by atoms with E-state index < -0.39 is 0 Å². The molecule has 3 aliphatic rings. The number of rotatable bonds is 17. The van der Waals surface area contributed by atoms with Crippen molar-refractivity contribution in [2.24, 2.45) is 16.6 Å². The number of nitrogens with zero attached hydrogens (tertiary/aromatic N) is 2. The van der Waals surface area contributed by atoms with Gasteiger partial charge in [0.25, 0.3) is 0 Å². The number of aliphatic imine (C=N–C) groups is 1. The van der Waals surface area contributed by atoms with E-state index in [2.05, 4.69) is 51.9 Å². The number of hydrogen-bond acceptors (Lipinski definition) is 9. The molecule has 1 fully saturated rings. The molecule has 0 saturated carbocycles. The first-order chi connectivity index (χ1) is 24.3. The van der Waals surface area contributed by atoms with Gasteiger partial charge in [-0.2, -0.15) is 16.9 Å². The maximum atomic E-state index is 13.6. The molecule has 1 aliphatic carbocycles. The van der Waals surface area contributed by atoms with E-state index >= 15 is 0 Å². The number of amides is 1. The van der Waals surface area contributed by atoms with Crippen LogP contribution in [-0.4, -0.2) is 65.4 Å². The highest BCUT2D eigenvalue weighted by Crippen LogP contribution is 2.44. The van der Waals surface area contributed by atoms with Crippen LogP contribution in [0.1, 0.15) is 89.7 Å². The van der Waals surface area contributed by atoms with Crippen molar-refractivity contribution < 1.29 is 18.7 Å². The molecule has 1 aromatic heterocycles. The second kappa shape index (κ2) is 18.3. The molecular formula is C38H54FN7O3S. The Balaban J connectivity index is 0.000000544. The third-order valence-corrected chi connectivity index (χ3v) is 11.2. The standard InChI is InChI=1S/C30H36FN7O3S.C8H18/c1-40-23-13-17-12-21-27(37-38-29(21)34-19-7-4-6-18(31)14-19)20(17)15-24(23)41-11-5-10-33-26(39)9-3-2-8-25-28-22(16-42-25)35-30(32)36-28;1-4-6-7-8(3)5-2/h4,6-7,13-15,22,25,28H,2-3,5,8-12,16H2,1H3,(H,33,39)(H3,32,35,36)(H2,34,37,38);8H,4-7H2,1-3H3. The summed E-state index contributed by atoms with van der Waals surface area (Å²) in [5.41, 5.74) is 10.5. The van der Waals surface area contributed by atoms with Crippen LogP contribution in [0.15, 0.2) is 41.4 Å². The SMILES string of the molecule is CCCCC(C)CC.COc1cc2c(cc1OCCCNC(=O)CCCCC1SCC3NC(N)=NC31)-c1[nH]nc(Nc3cccc(F)c3)c1C2. The van der Waals surface area contributed by atoms with Gasteiger partial charge >= 0.3 is 0 Å². The van der Waals surface area contributed by atoms with Crippen LogP contribution in [0.25, 0.3) is 11.3 Å². The molecule has 1 amide bonds. The van der Waals surface area contributed by atoms with E-state index in [0.717, 1.165) is 53.3 Å². The first-order valence-corrected chi connectivity index (χ1v) is 19.3. The minimum atomic E-state index is -0.308. The predicted molar refractivity (Wildman–Crippen MR) is 202 cm³/mol. The van der Waals surface area contributed by atoms with Crippen LogP contribution in [0.3, 0.4) is 0 Å². The molecule has 4 atom stereocenters. The van der Waals surface area contributed by atoms with E-state index in [1.54, 1.807) is 19.2 Å². The third-order valence-electron chi connectivity index (χ3n) is 9.68. The molecule has 3 aromatic rings. The summed E-state index contributed by atoms with van der Waals surface area (Å²) >= 11 is 1.95. The molecule has 4 unspecified atom stereocenters. The number of methoxy groups -OCH3 is 1. The first-order valence-electron chi connectivity index (χ1n) is 18.2. The fraction of sp³-hybridized carbons (Fsp3) is 0.553. The van der Waals surface area contributed by atoms with Crippen LogP contribution in [0.5, 0.6) is 11.5 Å². The minimum Gasteiger partial charge on any atom is -0.493 e. The number of halogens is 1. The van der Waals surface area contributed by atoms with Crippen molar-refractivity contribution >= 4 is 35.1 Å². The summed E-state index contributed by atoms with van der Waals surface area (Å²) in [4.78, 5) is 16.8. The number of thioether (sulfide) groups is 1. The van der Waals surface area contributed by atoms with Gasteiger partial charge in [0.1, 0.15) is 5.82 Å². The predicted octanol–water partition coefficient (Wildman–Crippen LogP) is 7.31. The summed E-state index contributed by atoms with van der Waals surface area (Å²) in [6.45, 7) is 7.84. The number of unbranched alkanes of at least 4 members (excludes halogenated alkanes) is 2. The molecule has 0 bridgehead atoms. The Hall–Kier alpha value is -3.93. The normalized spacial score (nSPS) is 18.9. The van der Waals surface area contributed by atoms with E-state index in [1.165, 1.54) is 37.8 Å². The molecule has 2 aliphatic heterocycles. The highest BCUT2D eigenvalue weighted by atomic mass is 32.2. The number of nitrogens with one attached hydrogen (secondary N) is 4. The molecule has 0 spiro atoms. The molecule has 0 radical (unpaired) electrons. The first kappa shape index (κ1) is 37.3. The summed E-state index contributed by atoms with van der Waals surface area (Å²) < 4.78 is 25.3. The average molecular weight is 708 g/mol. The van der Waals surface area contributed by atoms with Crippen LogP contribution in [0.2, 0.25) is 0 Å². The second-order valence-corrected chi connectivity index (χ2v) is 14.8. The van der Waals surface area contributed by atoms with Crippen LogP contribution < -0.4 is 31.2 Å². The molecule has 2 aromatic carbocycles. The fourth-order valence-corrected chi connectivity index (χ4v) is 8.11. The van der Waals surface area contributed by atoms with E-state index in [-0.39, 0.29) is 17.8 Å². The number of anilines is 2. The Morgan fingerprint density at radius 3 is 2.80 bits per heavy atom. The maximum Gasteiger partial charge on any atom is 0.219 e. The monoisotopic (exact) mass is 707 g/mol. The van der Waals surface area contributed by atoms with Gasteiger partial charge < -0.3 is 31.2 Å². The Morgan fingerprint density at radius 2 is 2.02 bits per heavy atom. The molecule has 6 N–H and O–H groups in total. The van der Waals surface area contributed by atoms with Crippen molar-refractivity contribution in [2.75, 3.05) is 31.3 Å². The van der Waals surface area contributed by atoms with Crippen LogP contribution in [-0.2, 0) is 11.2 Å². The molecule has 1 saturated heterocycles. The fourth-order valence-electron chi connectivity index (χ4n) is 6.59. The Labute approximate surface area is 300 Å². The zero-order valence-corrected chi connectivity index (χ0v) is 30.8. The highest BCUT2D eigenvalue weighted by molar-refractivity contribution is 8.00. The van der Waals surface area contributed by atoms with Crippen molar-refractivity contribution in [3.05, 3.63) is 53.3 Å². The molecule has 10 nitrogen and oxygen atoms in total. The summed E-state index contributed by atoms with van der Waals surface area (Å²) in [5.74, 6) is 4.28. The minimum absolute atomic E-state index is 0.0706. The molecule has 50 heavy (non-hydrogen) atoms. The van der Waals surface area contributed by atoms with Crippen molar-refractivity contribution in [1.29, 1.82) is 0 Å². The van der Waals surface area contributed by atoms with Gasteiger partial charge in [-0.05, 0) is 61.1 Å². The number of H-pyrrole nitrogens is 1. The lowest BCUT2D eigenvalue weighted by Gasteiger charge is -2.14. The number of guanidine groups is 1. The van der Waals surface area contributed by atoms with E-state index in [4.69, 9.17) is 15.2 Å². The third kappa shape index (κ3) is 9.86. The van der Waals surface area contributed by atoms with Gasteiger partial charge in [0.2, 0.25) is 5.91 Å². The van der Waals surface area contributed by atoms with Gasteiger partial charge in [-0.1, -0.05) is 58.9 Å². The molecular weight excluding hydrogens is 654 g/mol. The Bertz CT molecular complexity index is 1600. The number of ether oxygens (including phenoxy) is 2. The highest BCUT2D eigenvalue weighted by Gasteiger charge is 2.40.